The Labute approximate surface area is 142 Å². The van der Waals surface area contributed by atoms with E-state index in [0.29, 0.717) is 6.42 Å². The smallest absolute Gasteiger partial charge is 0.237 e. The van der Waals surface area contributed by atoms with E-state index < -0.39 is 12.1 Å². The summed E-state index contributed by atoms with van der Waals surface area (Å²) in [4.78, 5) is 26.1. The summed E-state index contributed by atoms with van der Waals surface area (Å²) in [5, 5.41) is 11.6. The van der Waals surface area contributed by atoms with Crippen LogP contribution < -0.4 is 0 Å². The zero-order valence-corrected chi connectivity index (χ0v) is 14.1. The van der Waals surface area contributed by atoms with Crippen LogP contribution in [0.4, 0.5) is 0 Å². The van der Waals surface area contributed by atoms with E-state index >= 15 is 0 Å². The van der Waals surface area contributed by atoms with Gasteiger partial charge in [0, 0.05) is 23.5 Å². The van der Waals surface area contributed by atoms with E-state index in [4.69, 9.17) is 0 Å². The molecule has 1 fully saturated rings. The van der Waals surface area contributed by atoms with Gasteiger partial charge in [-0.1, -0.05) is 50.5 Å². The van der Waals surface area contributed by atoms with Crippen molar-refractivity contribution in [1.82, 2.24) is 4.90 Å². The summed E-state index contributed by atoms with van der Waals surface area (Å²) < 4.78 is 0. The topological polar surface area (TPSA) is 63.5 Å². The van der Waals surface area contributed by atoms with Gasteiger partial charge in [0.2, 0.25) is 11.9 Å². The van der Waals surface area contributed by atoms with Crippen LogP contribution in [-0.2, 0) is 4.79 Å². The van der Waals surface area contributed by atoms with Gasteiger partial charge >= 0.3 is 0 Å². The summed E-state index contributed by atoms with van der Waals surface area (Å²) in [7, 11) is 0. The van der Waals surface area contributed by atoms with Crippen LogP contribution >= 0.6 is 0 Å². The fourth-order valence-electron chi connectivity index (χ4n) is 3.99. The Hall–Kier alpha value is -2.17. The molecule has 2 aliphatic rings. The first kappa shape index (κ1) is 16.7. The summed E-state index contributed by atoms with van der Waals surface area (Å²) in [6.07, 6.45) is 9.17. The third kappa shape index (κ3) is 3.07. The molecule has 5 nitrogen and oxygen atoms in total. The van der Waals surface area contributed by atoms with Crippen LogP contribution in [0.1, 0.15) is 62.6 Å². The molecule has 5 heteroatoms. The Kier molecular flexibility index (Phi) is 4.97. The monoisotopic (exact) mass is 328 g/mol. The molecule has 0 aromatic heterocycles. The number of hydrogen-bond donors (Lipinski definition) is 0. The van der Waals surface area contributed by atoms with Gasteiger partial charge in [-0.25, -0.2) is 0 Å². The van der Waals surface area contributed by atoms with Crippen molar-refractivity contribution in [1.29, 1.82) is 0 Å². The zero-order valence-electron chi connectivity index (χ0n) is 14.1. The highest BCUT2D eigenvalue weighted by molar-refractivity contribution is 5.82. The highest BCUT2D eigenvalue weighted by Gasteiger charge is 2.41. The van der Waals surface area contributed by atoms with Crippen LogP contribution in [0.2, 0.25) is 0 Å². The maximum Gasteiger partial charge on any atom is 0.237 e. The quantitative estimate of drug-likeness (QED) is 0.615. The molecule has 1 amide bonds. The van der Waals surface area contributed by atoms with E-state index in [1.807, 2.05) is 37.3 Å². The van der Waals surface area contributed by atoms with E-state index in [1.54, 1.807) is 11.1 Å². The number of amides is 1. The molecule has 3 rings (SSSR count). The molecule has 0 spiro atoms. The summed E-state index contributed by atoms with van der Waals surface area (Å²) in [6.45, 7) is 1.82. The Morgan fingerprint density at radius 2 is 2.00 bits per heavy atom. The summed E-state index contributed by atoms with van der Waals surface area (Å²) in [5.41, 5.74) is 1.85. The number of carbonyl (C=O) groups is 1. The Morgan fingerprint density at radius 1 is 1.29 bits per heavy atom. The third-order valence-corrected chi connectivity index (χ3v) is 5.29. The van der Waals surface area contributed by atoms with E-state index in [9.17, 15) is 14.9 Å². The van der Waals surface area contributed by atoms with Gasteiger partial charge in [0.25, 0.3) is 0 Å². The van der Waals surface area contributed by atoms with Crippen molar-refractivity contribution in [2.45, 2.75) is 57.5 Å². The van der Waals surface area contributed by atoms with Crippen molar-refractivity contribution in [2.75, 3.05) is 0 Å². The first-order chi connectivity index (χ1) is 11.6. The molecule has 0 saturated heterocycles. The number of hydrogen-bond acceptors (Lipinski definition) is 3. The van der Waals surface area contributed by atoms with Crippen LogP contribution in [0.3, 0.4) is 0 Å². The largest absolute Gasteiger partial charge is 0.304 e. The van der Waals surface area contributed by atoms with Gasteiger partial charge in [-0.3, -0.25) is 14.9 Å². The van der Waals surface area contributed by atoms with Gasteiger partial charge in [-0.2, -0.15) is 0 Å². The van der Waals surface area contributed by atoms with E-state index in [2.05, 4.69) is 0 Å². The molecule has 1 heterocycles. The maximum absolute atomic E-state index is 13.1. The second-order valence-electron chi connectivity index (χ2n) is 6.73. The normalized spacial score (nSPS) is 22.0. The van der Waals surface area contributed by atoms with Gasteiger partial charge in [0.05, 0.1) is 0 Å². The fourth-order valence-corrected chi connectivity index (χ4v) is 3.99. The fraction of sp³-hybridized carbons (Fsp3) is 0.526. The lowest BCUT2D eigenvalue weighted by Gasteiger charge is -2.37. The molecule has 0 radical (unpaired) electrons. The molecular formula is C19H24N2O3. The molecule has 0 N–H and O–H groups in total. The molecule has 24 heavy (non-hydrogen) atoms. The van der Waals surface area contributed by atoms with E-state index in [0.717, 1.165) is 36.8 Å². The SMILES string of the molecule is CCC([C@@H]1c2ccccc2C=CN1C(=O)C1CCCCC1)[N+](=O)[O-]. The van der Waals surface area contributed by atoms with Gasteiger partial charge in [0.15, 0.2) is 0 Å². The minimum absolute atomic E-state index is 0.000391. The van der Waals surface area contributed by atoms with Crippen LogP contribution in [0.5, 0.6) is 0 Å². The third-order valence-electron chi connectivity index (χ3n) is 5.29. The second-order valence-corrected chi connectivity index (χ2v) is 6.73. The predicted molar refractivity (Wildman–Crippen MR) is 92.7 cm³/mol. The molecule has 1 aliphatic heterocycles. The highest BCUT2D eigenvalue weighted by Crippen LogP contribution is 2.37. The number of rotatable bonds is 4. The van der Waals surface area contributed by atoms with Gasteiger partial charge in [-0.05, 0) is 30.0 Å². The van der Waals surface area contributed by atoms with Gasteiger partial charge < -0.3 is 4.90 Å². The lowest BCUT2D eigenvalue weighted by Crippen LogP contribution is -2.44. The second kappa shape index (κ2) is 7.16. The lowest BCUT2D eigenvalue weighted by atomic mass is 9.85. The number of carbonyl (C=O) groups excluding carboxylic acids is 1. The predicted octanol–water partition coefficient (Wildman–Crippen LogP) is 4.18. The number of benzene rings is 1. The van der Waals surface area contributed by atoms with E-state index in [1.165, 1.54) is 6.42 Å². The molecule has 2 atom stereocenters. The Morgan fingerprint density at radius 3 is 2.67 bits per heavy atom. The molecular weight excluding hydrogens is 304 g/mol. The van der Waals surface area contributed by atoms with Crippen molar-refractivity contribution in [2.24, 2.45) is 5.92 Å². The Balaban J connectivity index is 1.97. The minimum Gasteiger partial charge on any atom is -0.304 e. The highest BCUT2D eigenvalue weighted by atomic mass is 16.6. The molecule has 1 aromatic rings. The van der Waals surface area contributed by atoms with Crippen molar-refractivity contribution >= 4 is 12.0 Å². The van der Waals surface area contributed by atoms with Crippen molar-refractivity contribution in [3.8, 4) is 0 Å². The van der Waals surface area contributed by atoms with E-state index in [-0.39, 0.29) is 16.7 Å². The molecule has 1 aromatic carbocycles. The first-order valence-corrected chi connectivity index (χ1v) is 8.86. The zero-order chi connectivity index (χ0) is 17.1. The molecule has 0 bridgehead atoms. The molecule has 1 unspecified atom stereocenters. The van der Waals surface area contributed by atoms with Crippen LogP contribution in [-0.4, -0.2) is 21.8 Å². The maximum atomic E-state index is 13.1. The van der Waals surface area contributed by atoms with Gasteiger partial charge in [0.1, 0.15) is 6.04 Å². The summed E-state index contributed by atoms with van der Waals surface area (Å²) >= 11 is 0. The average Bonchev–Trinajstić information content (AvgIpc) is 2.62. The number of fused-ring (bicyclic) bond motifs is 1. The van der Waals surface area contributed by atoms with Crippen LogP contribution in [0.15, 0.2) is 30.5 Å². The number of nitrogens with zero attached hydrogens (tertiary/aromatic N) is 2. The summed E-state index contributed by atoms with van der Waals surface area (Å²) in [5.74, 6) is 0.0474. The summed E-state index contributed by atoms with van der Waals surface area (Å²) in [6, 6.07) is 6.38. The van der Waals surface area contributed by atoms with Crippen LogP contribution in [0.25, 0.3) is 6.08 Å². The molecule has 1 saturated carbocycles. The average molecular weight is 328 g/mol. The number of nitro groups is 1. The van der Waals surface area contributed by atoms with Crippen LogP contribution in [0, 0.1) is 16.0 Å². The van der Waals surface area contributed by atoms with Crippen molar-refractivity contribution in [3.63, 3.8) is 0 Å². The minimum atomic E-state index is -0.788. The van der Waals surface area contributed by atoms with Crippen molar-refractivity contribution < 1.29 is 9.72 Å². The first-order valence-electron chi connectivity index (χ1n) is 8.86. The molecule has 1 aliphatic carbocycles. The lowest BCUT2D eigenvalue weighted by molar-refractivity contribution is -0.531. The standard InChI is InChI=1S/C19H24N2O3/c1-2-17(21(23)24)18-16-11-7-6-8-14(16)12-13-20(18)19(22)15-9-4-3-5-10-15/h6-8,11-13,15,17-18H,2-5,9-10H2,1H3/t17?,18-/m0/s1. The van der Waals surface area contributed by atoms with Crippen molar-refractivity contribution in [3.05, 3.63) is 51.7 Å². The van der Waals surface area contributed by atoms with Gasteiger partial charge in [-0.15, -0.1) is 0 Å². The Bertz CT molecular complexity index is 650. The molecule has 128 valence electrons.